The van der Waals surface area contributed by atoms with Gasteiger partial charge in [0.1, 0.15) is 10.7 Å². The lowest BCUT2D eigenvalue weighted by Gasteiger charge is -2.30. The summed E-state index contributed by atoms with van der Waals surface area (Å²) in [6.45, 7) is 7.80. The number of halogens is 1. The first-order chi connectivity index (χ1) is 13.4. The fourth-order valence-electron chi connectivity index (χ4n) is 3.89. The number of carbonyl (C=O) groups is 1. The smallest absolute Gasteiger partial charge is 0.266 e. The van der Waals surface area contributed by atoms with Crippen molar-refractivity contribution in [2.45, 2.75) is 40.0 Å². The number of rotatable bonds is 3. The van der Waals surface area contributed by atoms with Gasteiger partial charge in [-0.3, -0.25) is 4.79 Å². The Labute approximate surface area is 173 Å². The highest BCUT2D eigenvalue weighted by Crippen LogP contribution is 2.34. The first-order valence-corrected chi connectivity index (χ1v) is 10.7. The van der Waals surface area contributed by atoms with E-state index < -0.39 is 0 Å². The maximum atomic E-state index is 13.1. The first kappa shape index (κ1) is 19.2. The van der Waals surface area contributed by atoms with Gasteiger partial charge in [-0.15, -0.1) is 11.3 Å². The van der Waals surface area contributed by atoms with Gasteiger partial charge in [-0.2, -0.15) is 0 Å². The normalized spacial score (nSPS) is 14.5. The van der Waals surface area contributed by atoms with Crippen molar-refractivity contribution in [2.24, 2.45) is 0 Å². The zero-order valence-electron chi connectivity index (χ0n) is 16.3. The maximum Gasteiger partial charge on any atom is 0.266 e. The number of aromatic nitrogens is 2. The van der Waals surface area contributed by atoms with Crippen LogP contribution in [0.25, 0.3) is 10.2 Å². The van der Waals surface area contributed by atoms with Gasteiger partial charge in [0.05, 0.1) is 16.3 Å². The fourth-order valence-corrected chi connectivity index (χ4v) is 5.23. The Morgan fingerprint density at radius 1 is 1.14 bits per heavy atom. The molecule has 0 unspecified atom stereocenters. The average Bonchev–Trinajstić information content (AvgIpc) is 2.99. The third kappa shape index (κ3) is 3.59. The van der Waals surface area contributed by atoms with Crippen LogP contribution >= 0.6 is 22.9 Å². The molecule has 0 bridgehead atoms. The number of thiophene rings is 1. The molecule has 1 N–H and O–H groups in total. The summed E-state index contributed by atoms with van der Waals surface area (Å²) in [5.41, 5.74) is 3.63. The van der Waals surface area contributed by atoms with E-state index in [4.69, 9.17) is 11.6 Å². The van der Waals surface area contributed by atoms with Crippen LogP contribution in [0.3, 0.4) is 0 Å². The molecule has 1 aliphatic heterocycles. The standard InChI is InChI=1S/C21H23ClN4OS/c1-12-18-13(2)23-14(3)24-21(18)28-19(12)20(27)25-16-11-15(22)7-8-17(16)26-9-5-4-6-10-26/h7-8,11H,4-6,9-10H2,1-3H3,(H,25,27). The molecule has 1 fully saturated rings. The number of nitrogens with one attached hydrogen (secondary N) is 1. The molecular weight excluding hydrogens is 392 g/mol. The van der Waals surface area contributed by atoms with Crippen LogP contribution in [0, 0.1) is 20.8 Å². The molecule has 3 aromatic rings. The van der Waals surface area contributed by atoms with Gasteiger partial charge in [0, 0.05) is 29.2 Å². The Bertz CT molecular complexity index is 1060. The first-order valence-electron chi connectivity index (χ1n) is 9.54. The Kier molecular flexibility index (Phi) is 5.25. The fraction of sp³-hybridized carbons (Fsp3) is 0.381. The molecule has 4 rings (SSSR count). The lowest BCUT2D eigenvalue weighted by molar-refractivity contribution is 0.103. The SMILES string of the molecule is Cc1nc(C)c2c(C)c(C(=O)Nc3cc(Cl)ccc3N3CCCCC3)sc2n1. The number of hydrogen-bond donors (Lipinski definition) is 1. The molecule has 146 valence electrons. The molecule has 0 atom stereocenters. The van der Waals surface area contributed by atoms with E-state index in [-0.39, 0.29) is 5.91 Å². The van der Waals surface area contributed by atoms with Crippen LogP contribution in [0.2, 0.25) is 5.02 Å². The van der Waals surface area contributed by atoms with Gasteiger partial charge >= 0.3 is 0 Å². The highest BCUT2D eigenvalue weighted by molar-refractivity contribution is 7.20. The van der Waals surface area contributed by atoms with Gasteiger partial charge in [-0.25, -0.2) is 9.97 Å². The summed E-state index contributed by atoms with van der Waals surface area (Å²) in [4.78, 5) is 25.9. The van der Waals surface area contributed by atoms with E-state index in [2.05, 4.69) is 20.2 Å². The molecule has 28 heavy (non-hydrogen) atoms. The van der Waals surface area contributed by atoms with Crippen LogP contribution in [0.4, 0.5) is 11.4 Å². The number of aryl methyl sites for hydroxylation is 3. The second kappa shape index (κ2) is 7.68. The van der Waals surface area contributed by atoms with Gasteiger partial charge < -0.3 is 10.2 Å². The lowest BCUT2D eigenvalue weighted by Crippen LogP contribution is -2.30. The predicted octanol–water partition coefficient (Wildman–Crippen LogP) is 5.51. The quantitative estimate of drug-likeness (QED) is 0.613. The van der Waals surface area contributed by atoms with Gasteiger partial charge in [-0.05, 0) is 63.8 Å². The number of anilines is 2. The molecule has 0 spiro atoms. The van der Waals surface area contributed by atoms with E-state index in [0.29, 0.717) is 9.90 Å². The highest BCUT2D eigenvalue weighted by Gasteiger charge is 2.21. The number of benzene rings is 1. The van der Waals surface area contributed by atoms with Crippen LogP contribution in [0.15, 0.2) is 18.2 Å². The Balaban J connectivity index is 1.69. The third-order valence-corrected chi connectivity index (χ3v) is 6.61. The highest BCUT2D eigenvalue weighted by atomic mass is 35.5. The van der Waals surface area contributed by atoms with E-state index in [1.54, 1.807) is 0 Å². The van der Waals surface area contributed by atoms with Gasteiger partial charge in [0.2, 0.25) is 0 Å². The van der Waals surface area contributed by atoms with Crippen LogP contribution in [-0.2, 0) is 0 Å². The van der Waals surface area contributed by atoms with Gasteiger partial charge in [0.25, 0.3) is 5.91 Å². The minimum absolute atomic E-state index is 0.127. The molecular formula is C21H23ClN4OS. The number of fused-ring (bicyclic) bond motifs is 1. The molecule has 1 aromatic carbocycles. The number of nitrogens with zero attached hydrogens (tertiary/aromatic N) is 3. The maximum absolute atomic E-state index is 13.1. The van der Waals surface area contributed by atoms with Crippen molar-refractivity contribution in [3.8, 4) is 0 Å². The van der Waals surface area contributed by atoms with E-state index in [0.717, 1.165) is 51.8 Å². The van der Waals surface area contributed by atoms with Crippen molar-refractivity contribution in [1.82, 2.24) is 9.97 Å². The van der Waals surface area contributed by atoms with E-state index in [1.807, 2.05) is 39.0 Å². The summed E-state index contributed by atoms with van der Waals surface area (Å²) in [7, 11) is 0. The second-order valence-corrected chi connectivity index (χ2v) is 8.69. The number of amides is 1. The zero-order chi connectivity index (χ0) is 19.8. The van der Waals surface area contributed by atoms with Crippen LogP contribution in [0.5, 0.6) is 0 Å². The molecule has 1 aliphatic rings. The largest absolute Gasteiger partial charge is 0.370 e. The molecule has 1 amide bonds. The topological polar surface area (TPSA) is 58.1 Å². The Morgan fingerprint density at radius 3 is 2.64 bits per heavy atom. The summed E-state index contributed by atoms with van der Waals surface area (Å²) < 4.78 is 0. The van der Waals surface area contributed by atoms with E-state index in [1.165, 1.54) is 30.6 Å². The molecule has 5 nitrogen and oxygen atoms in total. The molecule has 0 saturated carbocycles. The monoisotopic (exact) mass is 414 g/mol. The predicted molar refractivity (Wildman–Crippen MR) is 117 cm³/mol. The molecule has 7 heteroatoms. The van der Waals surface area contributed by atoms with Crippen molar-refractivity contribution in [1.29, 1.82) is 0 Å². The molecule has 2 aromatic heterocycles. The third-order valence-electron chi connectivity index (χ3n) is 5.19. The molecule has 3 heterocycles. The molecule has 0 aliphatic carbocycles. The minimum Gasteiger partial charge on any atom is -0.370 e. The van der Waals surface area contributed by atoms with E-state index in [9.17, 15) is 4.79 Å². The van der Waals surface area contributed by atoms with Crippen molar-refractivity contribution in [3.63, 3.8) is 0 Å². The van der Waals surface area contributed by atoms with Gasteiger partial charge in [0.15, 0.2) is 0 Å². The Hall–Kier alpha value is -2.18. The minimum atomic E-state index is -0.127. The van der Waals surface area contributed by atoms with Crippen LogP contribution in [-0.4, -0.2) is 29.0 Å². The van der Waals surface area contributed by atoms with Crippen molar-refractivity contribution < 1.29 is 4.79 Å². The van der Waals surface area contributed by atoms with Crippen molar-refractivity contribution in [2.75, 3.05) is 23.3 Å². The summed E-state index contributed by atoms with van der Waals surface area (Å²) in [5.74, 6) is 0.596. The van der Waals surface area contributed by atoms with Gasteiger partial charge in [-0.1, -0.05) is 11.6 Å². The average molecular weight is 415 g/mol. The van der Waals surface area contributed by atoms with E-state index >= 15 is 0 Å². The summed E-state index contributed by atoms with van der Waals surface area (Å²) in [6.07, 6.45) is 3.60. The zero-order valence-corrected chi connectivity index (χ0v) is 17.9. The summed E-state index contributed by atoms with van der Waals surface area (Å²) >= 11 is 7.65. The second-order valence-electron chi connectivity index (χ2n) is 7.26. The number of carbonyl (C=O) groups excluding carboxylic acids is 1. The Morgan fingerprint density at radius 2 is 1.89 bits per heavy atom. The summed E-state index contributed by atoms with van der Waals surface area (Å²) in [5, 5.41) is 4.69. The van der Waals surface area contributed by atoms with Crippen LogP contribution in [0.1, 0.15) is 46.0 Å². The van der Waals surface area contributed by atoms with Crippen molar-refractivity contribution >= 4 is 50.4 Å². The number of hydrogen-bond acceptors (Lipinski definition) is 5. The van der Waals surface area contributed by atoms with Crippen molar-refractivity contribution in [3.05, 3.63) is 45.2 Å². The molecule has 0 radical (unpaired) electrons. The number of piperidine rings is 1. The van der Waals surface area contributed by atoms with Crippen LogP contribution < -0.4 is 10.2 Å². The summed E-state index contributed by atoms with van der Waals surface area (Å²) in [6, 6.07) is 5.72. The lowest BCUT2D eigenvalue weighted by atomic mass is 10.1. The molecule has 1 saturated heterocycles.